The Labute approximate surface area is 241 Å². The normalized spacial score (nSPS) is 13.4. The van der Waals surface area contributed by atoms with E-state index < -0.39 is 50.0 Å². The average molecular weight is 623 g/mol. The quantitative estimate of drug-likeness (QED) is 0.0679. The molecule has 0 aromatic heterocycles. The summed E-state index contributed by atoms with van der Waals surface area (Å²) in [7, 11) is -4.31. The van der Waals surface area contributed by atoms with E-state index in [9.17, 15) is 17.6 Å². The molecule has 0 unspecified atom stereocenters. The Hall–Kier alpha value is 0.221. The highest BCUT2D eigenvalue weighted by Gasteiger charge is 2.42. The summed E-state index contributed by atoms with van der Waals surface area (Å²) in [6.45, 7) is 19.5. The van der Waals surface area contributed by atoms with Crippen molar-refractivity contribution in [3.05, 3.63) is 0 Å². The van der Waals surface area contributed by atoms with E-state index >= 15 is 4.39 Å². The van der Waals surface area contributed by atoms with Gasteiger partial charge in [0.25, 0.3) is 0 Å². The van der Waals surface area contributed by atoms with E-state index in [1.165, 1.54) is 48.4 Å². The zero-order valence-corrected chi connectivity index (χ0v) is 29.9. The molecule has 0 aliphatic rings. The summed E-state index contributed by atoms with van der Waals surface area (Å²) in [5.74, 6) is -1.38. The summed E-state index contributed by atoms with van der Waals surface area (Å²) in [5, 5.41) is 0. The van der Waals surface area contributed by atoms with E-state index in [-0.39, 0.29) is 6.42 Å². The SMILES string of the molecule is CC[Si](CC)(CC)CCCC(F)(CCC[Si](CC)(CC)CC)O[Si](CC)(CC)CC.FCCCOC(F)(F)F. The van der Waals surface area contributed by atoms with Crippen molar-refractivity contribution in [1.29, 1.82) is 0 Å². The van der Waals surface area contributed by atoms with E-state index in [1.54, 1.807) is 0 Å². The van der Waals surface area contributed by atoms with Gasteiger partial charge in [0.05, 0.1) is 29.4 Å². The van der Waals surface area contributed by atoms with Crippen LogP contribution in [0.1, 0.15) is 94.4 Å². The van der Waals surface area contributed by atoms with Crippen LogP contribution in [0.5, 0.6) is 0 Å². The summed E-state index contributed by atoms with van der Waals surface area (Å²) >= 11 is 0. The van der Waals surface area contributed by atoms with E-state index in [2.05, 4.69) is 67.1 Å². The Balaban J connectivity index is 0. The lowest BCUT2D eigenvalue weighted by molar-refractivity contribution is -0.324. The predicted octanol–water partition coefficient (Wildman–Crippen LogP) is 12.1. The number of alkyl halides is 5. The lowest BCUT2D eigenvalue weighted by atomic mass is 10.1. The summed E-state index contributed by atoms with van der Waals surface area (Å²) < 4.78 is 70.5. The first-order valence-corrected chi connectivity index (χ1v) is 24.1. The number of hydrogen-bond acceptors (Lipinski definition) is 2. The third-order valence-electron chi connectivity index (χ3n) is 9.89. The molecular formula is C29H63F5O2Si3. The molecule has 0 aromatic rings. The molecule has 0 aliphatic heterocycles. The maximum atomic E-state index is 16.5. The molecular weight excluding hydrogens is 560 g/mol. The van der Waals surface area contributed by atoms with Crippen LogP contribution in [0, 0.1) is 0 Å². The van der Waals surface area contributed by atoms with Gasteiger partial charge in [0.15, 0.2) is 14.2 Å². The fourth-order valence-corrected chi connectivity index (χ4v) is 15.7. The van der Waals surface area contributed by atoms with Gasteiger partial charge in [-0.05, 0) is 24.6 Å². The third-order valence-corrected chi connectivity index (χ3v) is 26.4. The van der Waals surface area contributed by atoms with Crippen LogP contribution in [0.25, 0.3) is 0 Å². The maximum Gasteiger partial charge on any atom is 0.522 e. The first-order valence-electron chi connectivity index (χ1n) is 15.9. The molecule has 0 heterocycles. The Morgan fingerprint density at radius 2 is 0.897 bits per heavy atom. The minimum Gasteiger partial charge on any atom is -0.386 e. The van der Waals surface area contributed by atoms with Crippen molar-refractivity contribution >= 4 is 24.5 Å². The van der Waals surface area contributed by atoms with E-state index in [1.807, 2.05) is 0 Å². The lowest BCUT2D eigenvalue weighted by Gasteiger charge is -2.39. The average Bonchev–Trinajstić information content (AvgIpc) is 2.93. The number of halogens is 5. The second-order valence-corrected chi connectivity index (χ2v) is 27.3. The molecule has 238 valence electrons. The molecule has 0 rings (SSSR count). The second-order valence-electron chi connectivity index (χ2n) is 11.4. The standard InChI is InChI=1S/C25H57FOSi3.C4H6F4O/c1-10-28(11-2,12-3)23-19-21-25(26,27-30(16-7,17-8)18-9)22-20-24-29(13-4,14-5)15-6;5-2-1-3-9-4(6,7)8/h10-24H2,1-9H3;1-3H2. The minimum atomic E-state index is -4.62. The van der Waals surface area contributed by atoms with E-state index in [0.29, 0.717) is 12.8 Å². The van der Waals surface area contributed by atoms with Crippen molar-refractivity contribution in [3.8, 4) is 0 Å². The van der Waals surface area contributed by atoms with Crippen molar-refractivity contribution in [2.45, 2.75) is 173 Å². The van der Waals surface area contributed by atoms with E-state index in [4.69, 9.17) is 4.43 Å². The molecule has 0 amide bonds. The van der Waals surface area contributed by atoms with Gasteiger partial charge in [-0.2, -0.15) is 0 Å². The molecule has 39 heavy (non-hydrogen) atoms. The van der Waals surface area contributed by atoms with Crippen LogP contribution < -0.4 is 0 Å². The zero-order chi connectivity index (χ0) is 30.6. The molecule has 10 heteroatoms. The predicted molar refractivity (Wildman–Crippen MR) is 167 cm³/mol. The molecule has 0 fully saturated rings. The van der Waals surface area contributed by atoms with Crippen LogP contribution in [0.4, 0.5) is 22.0 Å². The van der Waals surface area contributed by atoms with Crippen LogP contribution >= 0.6 is 0 Å². The molecule has 0 atom stereocenters. The van der Waals surface area contributed by atoms with E-state index in [0.717, 1.165) is 31.0 Å². The first-order chi connectivity index (χ1) is 18.2. The van der Waals surface area contributed by atoms with Gasteiger partial charge in [-0.25, -0.2) is 4.39 Å². The molecule has 0 aliphatic carbocycles. The van der Waals surface area contributed by atoms with Crippen LogP contribution in [-0.2, 0) is 9.16 Å². The number of ether oxygens (including phenoxy) is 1. The minimum absolute atomic E-state index is 0.209. The second kappa shape index (κ2) is 21.0. The maximum absolute atomic E-state index is 16.5. The smallest absolute Gasteiger partial charge is 0.386 e. The Kier molecular flexibility index (Phi) is 22.3. The van der Waals surface area contributed by atoms with Crippen molar-refractivity contribution < 1.29 is 31.1 Å². The van der Waals surface area contributed by atoms with Gasteiger partial charge in [0, 0.05) is 12.8 Å². The van der Waals surface area contributed by atoms with Crippen molar-refractivity contribution in [2.24, 2.45) is 0 Å². The molecule has 0 saturated carbocycles. The number of rotatable bonds is 22. The molecule has 2 nitrogen and oxygen atoms in total. The molecule has 0 N–H and O–H groups in total. The Morgan fingerprint density at radius 3 is 1.15 bits per heavy atom. The summed E-state index contributed by atoms with van der Waals surface area (Å²) in [4.78, 5) is 0. The largest absolute Gasteiger partial charge is 0.522 e. The van der Waals surface area contributed by atoms with Gasteiger partial charge in [-0.1, -0.05) is 124 Å². The van der Waals surface area contributed by atoms with Crippen LogP contribution in [0.3, 0.4) is 0 Å². The van der Waals surface area contributed by atoms with Gasteiger partial charge < -0.3 is 4.43 Å². The van der Waals surface area contributed by atoms with Gasteiger partial charge in [0.2, 0.25) is 0 Å². The molecule has 0 aromatic carbocycles. The fraction of sp³-hybridized carbons (Fsp3) is 1.00. The first kappa shape index (κ1) is 41.4. The highest BCUT2D eigenvalue weighted by molar-refractivity contribution is 6.80. The molecule has 0 radical (unpaired) electrons. The Morgan fingerprint density at radius 1 is 0.538 bits per heavy atom. The topological polar surface area (TPSA) is 18.5 Å². The van der Waals surface area contributed by atoms with Crippen molar-refractivity contribution in [3.63, 3.8) is 0 Å². The summed E-state index contributed by atoms with van der Waals surface area (Å²) in [5.41, 5.74) is 0. The number of hydrogen-bond donors (Lipinski definition) is 0. The summed E-state index contributed by atoms with van der Waals surface area (Å²) in [6.07, 6.45) is -1.50. The highest BCUT2D eigenvalue weighted by Crippen LogP contribution is 2.39. The van der Waals surface area contributed by atoms with Gasteiger partial charge in [-0.3, -0.25) is 9.13 Å². The van der Waals surface area contributed by atoms with Gasteiger partial charge in [-0.15, -0.1) is 13.2 Å². The van der Waals surface area contributed by atoms with Gasteiger partial charge in [0.1, 0.15) is 0 Å². The molecule has 0 saturated heterocycles. The fourth-order valence-electron chi connectivity index (χ4n) is 5.84. The highest BCUT2D eigenvalue weighted by atomic mass is 28.4. The lowest BCUT2D eigenvalue weighted by Crippen LogP contribution is -2.45. The van der Waals surface area contributed by atoms with Crippen molar-refractivity contribution in [1.82, 2.24) is 0 Å². The monoisotopic (exact) mass is 622 g/mol. The molecule has 0 spiro atoms. The van der Waals surface area contributed by atoms with Gasteiger partial charge >= 0.3 is 6.36 Å². The third kappa shape index (κ3) is 16.4. The Bertz CT molecular complexity index is 531. The van der Waals surface area contributed by atoms with Crippen molar-refractivity contribution in [2.75, 3.05) is 13.3 Å². The van der Waals surface area contributed by atoms with Crippen LogP contribution in [0.15, 0.2) is 0 Å². The molecule has 0 bridgehead atoms. The summed E-state index contributed by atoms with van der Waals surface area (Å²) in [6, 6.07) is 13.7. The van der Waals surface area contributed by atoms with Crippen LogP contribution in [0.2, 0.25) is 66.5 Å². The van der Waals surface area contributed by atoms with Crippen LogP contribution in [-0.4, -0.2) is 50.0 Å². The zero-order valence-electron chi connectivity index (χ0n) is 26.9.